The average molecular weight is 545 g/mol. The van der Waals surface area contributed by atoms with Crippen molar-refractivity contribution >= 4 is 27.3 Å². The minimum absolute atomic E-state index is 0.174. The van der Waals surface area contributed by atoms with Gasteiger partial charge in [0.25, 0.3) is 21.5 Å². The number of H-pyrrole nitrogens is 1. The molecule has 39 heavy (non-hydrogen) atoms. The minimum Gasteiger partial charge on any atom is -0.483 e. The van der Waals surface area contributed by atoms with Gasteiger partial charge in [-0.3, -0.25) is 13.9 Å². The fourth-order valence-corrected chi connectivity index (χ4v) is 6.25. The third-order valence-electron chi connectivity index (χ3n) is 6.45. The molecule has 0 fully saturated rings. The van der Waals surface area contributed by atoms with Gasteiger partial charge >= 0.3 is 0 Å². The number of nitrogens with one attached hydrogen (secondary N) is 2. The molecule has 0 atom stereocenters. The molecule has 0 unspecified atom stereocenters. The Morgan fingerprint density at radius 1 is 1.05 bits per heavy atom. The van der Waals surface area contributed by atoms with Crippen LogP contribution in [0.5, 0.6) is 5.75 Å². The minimum atomic E-state index is -3.75. The van der Waals surface area contributed by atoms with E-state index in [1.807, 2.05) is 24.3 Å². The standard InChI is InChI=1S/C29H28N4O5S/c1-19-15-24(39(36,37)33-14-6-9-21-7-3-4-11-25(21)33)12-13-26(19)38-18-28(35)31-23-10-5-8-22(17-23)29-30-20(2)16-27(34)32-29/h3-5,7-8,10-13,15-17H,6,9,14,18H2,1-2H3,(H,31,35)(H,30,32,34). The number of rotatable bonds is 7. The number of carbonyl (C=O) groups excluding carboxylic acids is 1. The molecule has 4 aromatic rings. The summed E-state index contributed by atoms with van der Waals surface area (Å²) in [5.41, 5.74) is 3.84. The number of anilines is 2. The van der Waals surface area contributed by atoms with Crippen molar-refractivity contribution in [3.8, 4) is 17.1 Å². The van der Waals surface area contributed by atoms with Gasteiger partial charge in [0.05, 0.1) is 10.6 Å². The Morgan fingerprint density at radius 2 is 1.87 bits per heavy atom. The van der Waals surface area contributed by atoms with Crippen molar-refractivity contribution < 1.29 is 17.9 Å². The summed E-state index contributed by atoms with van der Waals surface area (Å²) in [5.74, 6) is 0.434. The highest BCUT2D eigenvalue weighted by molar-refractivity contribution is 7.92. The van der Waals surface area contributed by atoms with Crippen LogP contribution in [0.1, 0.15) is 23.2 Å². The zero-order valence-electron chi connectivity index (χ0n) is 21.6. The largest absolute Gasteiger partial charge is 0.483 e. The number of aromatic nitrogens is 2. The zero-order chi connectivity index (χ0) is 27.6. The van der Waals surface area contributed by atoms with Crippen molar-refractivity contribution in [1.29, 1.82) is 0 Å². The molecular weight excluding hydrogens is 516 g/mol. The Morgan fingerprint density at radius 3 is 2.67 bits per heavy atom. The van der Waals surface area contributed by atoms with E-state index in [1.165, 1.54) is 16.4 Å². The summed E-state index contributed by atoms with van der Waals surface area (Å²) in [7, 11) is -3.75. The Balaban J connectivity index is 1.26. The molecule has 200 valence electrons. The highest BCUT2D eigenvalue weighted by Crippen LogP contribution is 2.33. The monoisotopic (exact) mass is 544 g/mol. The summed E-state index contributed by atoms with van der Waals surface area (Å²) < 4.78 is 34.1. The van der Waals surface area contributed by atoms with Crippen molar-refractivity contribution in [2.75, 3.05) is 22.8 Å². The number of amides is 1. The van der Waals surface area contributed by atoms with Gasteiger partial charge < -0.3 is 15.0 Å². The molecule has 0 bridgehead atoms. The topological polar surface area (TPSA) is 121 Å². The van der Waals surface area contributed by atoms with Crippen LogP contribution in [0.25, 0.3) is 11.4 Å². The highest BCUT2D eigenvalue weighted by atomic mass is 32.2. The molecule has 1 aliphatic rings. The number of para-hydroxylation sites is 1. The number of nitrogens with zero attached hydrogens (tertiary/aromatic N) is 2. The maximum atomic E-state index is 13.4. The molecule has 1 amide bonds. The third-order valence-corrected chi connectivity index (χ3v) is 8.26. The third kappa shape index (κ3) is 5.70. The molecule has 0 radical (unpaired) electrons. The van der Waals surface area contributed by atoms with Crippen LogP contribution in [0.15, 0.2) is 82.5 Å². The molecule has 0 spiro atoms. The summed E-state index contributed by atoms with van der Waals surface area (Å²) in [6.07, 6.45) is 1.61. The van der Waals surface area contributed by atoms with Crippen LogP contribution in [0, 0.1) is 13.8 Å². The summed E-state index contributed by atoms with van der Waals surface area (Å²) in [4.78, 5) is 31.6. The second-order valence-corrected chi connectivity index (χ2v) is 11.3. The van der Waals surface area contributed by atoms with E-state index in [1.54, 1.807) is 50.2 Å². The van der Waals surface area contributed by atoms with Crippen molar-refractivity contribution in [2.24, 2.45) is 0 Å². The van der Waals surface area contributed by atoms with E-state index < -0.39 is 10.0 Å². The average Bonchev–Trinajstić information content (AvgIpc) is 2.91. The molecular formula is C29H28N4O5S. The summed E-state index contributed by atoms with van der Waals surface area (Å²) in [6.45, 7) is 3.64. The number of hydrogen-bond acceptors (Lipinski definition) is 6. The highest BCUT2D eigenvalue weighted by Gasteiger charge is 2.29. The normalized spacial score (nSPS) is 13.0. The second kappa shape index (κ2) is 10.7. The van der Waals surface area contributed by atoms with Crippen LogP contribution in [0.2, 0.25) is 0 Å². The predicted molar refractivity (Wildman–Crippen MR) is 150 cm³/mol. The lowest BCUT2D eigenvalue weighted by Gasteiger charge is -2.30. The van der Waals surface area contributed by atoms with E-state index in [-0.39, 0.29) is 23.0 Å². The quantitative estimate of drug-likeness (QED) is 0.360. The fraction of sp³-hybridized carbons (Fsp3) is 0.207. The second-order valence-electron chi connectivity index (χ2n) is 9.39. The van der Waals surface area contributed by atoms with Gasteiger partial charge in [0, 0.05) is 29.6 Å². The van der Waals surface area contributed by atoms with Gasteiger partial charge in [-0.1, -0.05) is 30.3 Å². The van der Waals surface area contributed by atoms with Crippen LogP contribution in [0.3, 0.4) is 0 Å². The van der Waals surface area contributed by atoms with Gasteiger partial charge in [0.1, 0.15) is 11.6 Å². The maximum absolute atomic E-state index is 13.4. The van der Waals surface area contributed by atoms with Crippen molar-refractivity contribution in [3.05, 3.63) is 100.0 Å². The smallest absolute Gasteiger partial charge is 0.264 e. The lowest BCUT2D eigenvalue weighted by Crippen LogP contribution is -2.35. The van der Waals surface area contributed by atoms with Gasteiger partial charge in [-0.05, 0) is 74.2 Å². The van der Waals surface area contributed by atoms with Crippen molar-refractivity contribution in [1.82, 2.24) is 9.97 Å². The van der Waals surface area contributed by atoms with Gasteiger partial charge in [-0.2, -0.15) is 0 Å². The molecule has 0 saturated carbocycles. The lowest BCUT2D eigenvalue weighted by atomic mass is 10.0. The molecule has 3 aromatic carbocycles. The van der Waals surface area contributed by atoms with E-state index in [9.17, 15) is 18.0 Å². The van der Waals surface area contributed by atoms with Crippen LogP contribution in [-0.4, -0.2) is 37.4 Å². The van der Waals surface area contributed by atoms with E-state index in [0.717, 1.165) is 18.4 Å². The number of aryl methyl sites for hydroxylation is 3. The molecule has 1 aliphatic heterocycles. The van der Waals surface area contributed by atoms with Gasteiger partial charge in [0.15, 0.2) is 6.61 Å². The number of hydrogen-bond donors (Lipinski definition) is 2. The lowest BCUT2D eigenvalue weighted by molar-refractivity contribution is -0.118. The first-order valence-corrected chi connectivity index (χ1v) is 14.0. The van der Waals surface area contributed by atoms with Crippen molar-refractivity contribution in [3.63, 3.8) is 0 Å². The first-order chi connectivity index (χ1) is 18.7. The summed E-state index contributed by atoms with van der Waals surface area (Å²) in [6, 6.07) is 20.6. The zero-order valence-corrected chi connectivity index (χ0v) is 22.4. The number of ether oxygens (including phenoxy) is 1. The van der Waals surface area contributed by atoms with Crippen LogP contribution >= 0.6 is 0 Å². The van der Waals surface area contributed by atoms with E-state index in [0.29, 0.717) is 46.3 Å². The van der Waals surface area contributed by atoms with Gasteiger partial charge in [0.2, 0.25) is 0 Å². The Kier molecular flexibility index (Phi) is 7.21. The number of benzene rings is 3. The first-order valence-electron chi connectivity index (χ1n) is 12.5. The van der Waals surface area contributed by atoms with Crippen LogP contribution in [-0.2, 0) is 21.2 Å². The summed E-state index contributed by atoms with van der Waals surface area (Å²) in [5, 5.41) is 2.77. The predicted octanol–water partition coefficient (Wildman–Crippen LogP) is 4.21. The number of sulfonamides is 1. The molecule has 5 rings (SSSR count). The number of aromatic amines is 1. The number of fused-ring (bicyclic) bond motifs is 1. The van der Waals surface area contributed by atoms with Crippen LogP contribution < -0.4 is 19.9 Å². The Bertz CT molecular complexity index is 1720. The first kappa shape index (κ1) is 26.2. The maximum Gasteiger partial charge on any atom is 0.264 e. The molecule has 0 aliphatic carbocycles. The molecule has 0 saturated heterocycles. The molecule has 1 aromatic heterocycles. The fourth-order valence-electron chi connectivity index (χ4n) is 4.62. The molecule has 2 N–H and O–H groups in total. The van der Waals surface area contributed by atoms with Crippen LogP contribution in [0.4, 0.5) is 11.4 Å². The van der Waals surface area contributed by atoms with Crippen molar-refractivity contribution in [2.45, 2.75) is 31.6 Å². The Labute approximate surface area is 226 Å². The summed E-state index contributed by atoms with van der Waals surface area (Å²) >= 11 is 0. The van der Waals surface area contributed by atoms with E-state index in [2.05, 4.69) is 15.3 Å². The SMILES string of the molecule is Cc1cc(=O)[nH]c(-c2cccc(NC(=O)COc3ccc(S(=O)(=O)N4CCCc5ccccc54)cc3C)c2)n1. The molecule has 10 heteroatoms. The Hall–Kier alpha value is -4.44. The van der Waals surface area contributed by atoms with Gasteiger partial charge in [-0.25, -0.2) is 13.4 Å². The van der Waals surface area contributed by atoms with Gasteiger partial charge in [-0.15, -0.1) is 0 Å². The molecule has 2 heterocycles. The van der Waals surface area contributed by atoms with E-state index in [4.69, 9.17) is 4.74 Å². The van der Waals surface area contributed by atoms with E-state index >= 15 is 0 Å². The molecule has 9 nitrogen and oxygen atoms in total. The number of carbonyl (C=O) groups is 1.